The molecule has 1 atom stereocenters. The minimum atomic E-state index is -4.39. The van der Waals surface area contributed by atoms with Crippen molar-refractivity contribution in [2.75, 3.05) is 6.54 Å². The number of nitrogens with one attached hydrogen (secondary N) is 1. The third-order valence-corrected chi connectivity index (χ3v) is 5.59. The van der Waals surface area contributed by atoms with E-state index in [1.165, 1.54) is 0 Å². The predicted octanol–water partition coefficient (Wildman–Crippen LogP) is 3.67. The van der Waals surface area contributed by atoms with Crippen LogP contribution in [0.2, 0.25) is 5.02 Å². The number of halogens is 4. The first kappa shape index (κ1) is 22.2. The van der Waals surface area contributed by atoms with Gasteiger partial charge in [0.05, 0.1) is 17.2 Å². The van der Waals surface area contributed by atoms with E-state index in [2.05, 4.69) is 4.72 Å². The molecule has 0 aliphatic heterocycles. The zero-order chi connectivity index (χ0) is 20.9. The number of alkyl halides is 3. The average Bonchev–Trinajstić information content (AvgIpc) is 2.59. The van der Waals surface area contributed by atoms with Crippen molar-refractivity contribution in [3.63, 3.8) is 0 Å². The van der Waals surface area contributed by atoms with Crippen LogP contribution in [-0.4, -0.2) is 32.2 Å². The minimum Gasteiger partial charge on any atom is -0.481 e. The Kier molecular flexibility index (Phi) is 7.08. The van der Waals surface area contributed by atoms with Crippen LogP contribution >= 0.6 is 11.6 Å². The summed E-state index contributed by atoms with van der Waals surface area (Å²) in [5.41, 5.74) is 0.602. The molecule has 5 nitrogen and oxygen atoms in total. The monoisotopic (exact) mass is 435 g/mol. The predicted molar refractivity (Wildman–Crippen MR) is 97.7 cm³/mol. The van der Waals surface area contributed by atoms with Crippen molar-refractivity contribution in [1.82, 2.24) is 4.72 Å². The van der Waals surface area contributed by atoms with Crippen molar-refractivity contribution in [2.45, 2.75) is 23.9 Å². The Balaban J connectivity index is 2.05. The average molecular weight is 436 g/mol. The zero-order valence-electron chi connectivity index (χ0n) is 14.4. The fourth-order valence-electron chi connectivity index (χ4n) is 2.46. The topological polar surface area (TPSA) is 83.5 Å². The van der Waals surface area contributed by atoms with Crippen molar-refractivity contribution in [1.29, 1.82) is 0 Å². The van der Waals surface area contributed by atoms with E-state index in [0.29, 0.717) is 10.6 Å². The molecular weight excluding hydrogens is 419 g/mol. The first-order valence-electron chi connectivity index (χ1n) is 8.09. The summed E-state index contributed by atoms with van der Waals surface area (Å²) < 4.78 is 63.9. The Hall–Kier alpha value is -2.10. The second-order valence-corrected chi connectivity index (χ2v) is 8.36. The molecule has 10 heteroatoms. The fourth-order valence-corrected chi connectivity index (χ4v) is 3.67. The number of benzene rings is 2. The normalized spacial score (nSPS) is 13.3. The summed E-state index contributed by atoms with van der Waals surface area (Å²) in [5, 5.41) is 9.82. The van der Waals surface area contributed by atoms with Gasteiger partial charge in [0, 0.05) is 11.6 Å². The van der Waals surface area contributed by atoms with Gasteiger partial charge >= 0.3 is 12.1 Å². The van der Waals surface area contributed by atoms with Crippen molar-refractivity contribution in [2.24, 2.45) is 5.92 Å². The van der Waals surface area contributed by atoms with Crippen LogP contribution in [0.5, 0.6) is 0 Å². The number of sulfonamides is 1. The molecule has 1 unspecified atom stereocenters. The van der Waals surface area contributed by atoms with Gasteiger partial charge in [0.25, 0.3) is 0 Å². The molecule has 0 fully saturated rings. The van der Waals surface area contributed by atoms with E-state index >= 15 is 0 Å². The van der Waals surface area contributed by atoms with Gasteiger partial charge in [-0.2, -0.15) is 13.2 Å². The highest BCUT2D eigenvalue weighted by Crippen LogP contribution is 2.22. The van der Waals surface area contributed by atoms with Crippen molar-refractivity contribution in [3.8, 4) is 0 Å². The number of carbonyl (C=O) groups is 1. The maximum atomic E-state index is 12.4. The Labute approximate surface area is 165 Å². The Morgan fingerprint density at radius 2 is 1.57 bits per heavy atom. The molecule has 0 aromatic heterocycles. The molecule has 0 radical (unpaired) electrons. The van der Waals surface area contributed by atoms with Gasteiger partial charge < -0.3 is 5.11 Å². The molecule has 0 saturated carbocycles. The second-order valence-electron chi connectivity index (χ2n) is 6.15. The molecule has 28 heavy (non-hydrogen) atoms. The van der Waals surface area contributed by atoms with E-state index < -0.39 is 34.5 Å². The van der Waals surface area contributed by atoms with Crippen LogP contribution in [0.25, 0.3) is 0 Å². The van der Waals surface area contributed by atoms with Crippen LogP contribution in [0.15, 0.2) is 53.4 Å². The maximum absolute atomic E-state index is 12.4. The number of aliphatic carboxylic acids is 1. The number of carboxylic acids is 1. The summed E-state index contributed by atoms with van der Waals surface area (Å²) in [5.74, 6) is -2.21. The van der Waals surface area contributed by atoms with E-state index in [9.17, 15) is 31.5 Å². The molecule has 0 aliphatic carbocycles. The zero-order valence-corrected chi connectivity index (χ0v) is 16.0. The third kappa shape index (κ3) is 6.81. The van der Waals surface area contributed by atoms with Gasteiger partial charge in [0.1, 0.15) is 0 Å². The summed E-state index contributed by atoms with van der Waals surface area (Å²) in [6, 6.07) is 10.7. The molecule has 152 valence electrons. The molecule has 2 aromatic rings. The Morgan fingerprint density at radius 1 is 1.04 bits per heavy atom. The van der Waals surface area contributed by atoms with Gasteiger partial charge in [-0.3, -0.25) is 4.79 Å². The molecule has 0 amide bonds. The standard InChI is InChI=1S/C18H17ClF3NO4S/c19-15-5-1-12(2-6-15)9-14(17(24)25)11-23-28(26,27)16-7-3-13(4-8-16)10-18(20,21)22/h1-8,14,23H,9-11H2,(H,24,25). The quantitative estimate of drug-likeness (QED) is 0.662. The largest absolute Gasteiger partial charge is 0.481 e. The van der Waals surface area contributed by atoms with Crippen LogP contribution in [-0.2, 0) is 27.7 Å². The first-order chi connectivity index (χ1) is 13.0. The smallest absolute Gasteiger partial charge is 0.393 e. The number of rotatable bonds is 8. The van der Waals surface area contributed by atoms with Crippen molar-refractivity contribution in [3.05, 3.63) is 64.7 Å². The molecule has 0 aliphatic rings. The van der Waals surface area contributed by atoms with E-state index in [4.69, 9.17) is 11.6 Å². The van der Waals surface area contributed by atoms with Crippen molar-refractivity contribution < 1.29 is 31.5 Å². The number of carboxylic acid groups (broad SMARTS) is 1. The number of hydrogen-bond acceptors (Lipinski definition) is 3. The van der Waals surface area contributed by atoms with Gasteiger partial charge in [0.15, 0.2) is 0 Å². The highest BCUT2D eigenvalue weighted by molar-refractivity contribution is 7.89. The lowest BCUT2D eigenvalue weighted by molar-refractivity contribution is -0.141. The summed E-state index contributed by atoms with van der Waals surface area (Å²) in [7, 11) is -4.06. The van der Waals surface area contributed by atoms with E-state index in [1.54, 1.807) is 24.3 Å². The van der Waals surface area contributed by atoms with E-state index in [0.717, 1.165) is 24.3 Å². The lowest BCUT2D eigenvalue weighted by Gasteiger charge is -2.14. The van der Waals surface area contributed by atoms with Gasteiger partial charge in [-0.05, 0) is 41.8 Å². The van der Waals surface area contributed by atoms with Gasteiger partial charge in [-0.1, -0.05) is 35.9 Å². The molecule has 0 saturated heterocycles. The minimum absolute atomic E-state index is 0.0717. The highest BCUT2D eigenvalue weighted by Gasteiger charge is 2.28. The van der Waals surface area contributed by atoms with Gasteiger partial charge in [0.2, 0.25) is 10.0 Å². The molecule has 0 spiro atoms. The Morgan fingerprint density at radius 3 is 2.07 bits per heavy atom. The first-order valence-corrected chi connectivity index (χ1v) is 9.95. The summed E-state index contributed by atoms with van der Waals surface area (Å²) in [4.78, 5) is 11.2. The van der Waals surface area contributed by atoms with Gasteiger partial charge in [-0.15, -0.1) is 0 Å². The fraction of sp³-hybridized carbons (Fsp3) is 0.278. The lowest BCUT2D eigenvalue weighted by Crippen LogP contribution is -2.34. The SMILES string of the molecule is O=C(O)C(CNS(=O)(=O)c1ccc(CC(F)(F)F)cc1)Cc1ccc(Cl)cc1. The number of hydrogen-bond donors (Lipinski definition) is 2. The van der Waals surface area contributed by atoms with Crippen LogP contribution < -0.4 is 4.72 Å². The summed E-state index contributed by atoms with van der Waals surface area (Å²) in [6.45, 7) is -0.370. The van der Waals surface area contributed by atoms with Crippen LogP contribution in [0.4, 0.5) is 13.2 Å². The van der Waals surface area contributed by atoms with E-state index in [1.807, 2.05) is 0 Å². The lowest BCUT2D eigenvalue weighted by atomic mass is 10.00. The Bertz CT molecular complexity index is 913. The molecule has 2 N–H and O–H groups in total. The van der Waals surface area contributed by atoms with Crippen LogP contribution in [0.1, 0.15) is 11.1 Å². The molecule has 2 rings (SSSR count). The second kappa shape index (κ2) is 8.93. The van der Waals surface area contributed by atoms with Crippen LogP contribution in [0, 0.1) is 5.92 Å². The van der Waals surface area contributed by atoms with Crippen molar-refractivity contribution >= 4 is 27.6 Å². The van der Waals surface area contributed by atoms with Crippen LogP contribution in [0.3, 0.4) is 0 Å². The van der Waals surface area contributed by atoms with E-state index in [-0.39, 0.29) is 23.4 Å². The molecule has 0 bridgehead atoms. The summed E-state index contributed by atoms with van der Waals surface area (Å²) in [6.07, 6.45) is -5.47. The van der Waals surface area contributed by atoms with Gasteiger partial charge in [-0.25, -0.2) is 13.1 Å². The summed E-state index contributed by atoms with van der Waals surface area (Å²) >= 11 is 5.78. The maximum Gasteiger partial charge on any atom is 0.393 e. The third-order valence-electron chi connectivity index (χ3n) is 3.90. The molecule has 2 aromatic carbocycles. The molecular formula is C18H17ClF3NO4S. The molecule has 0 heterocycles. The highest BCUT2D eigenvalue weighted by atomic mass is 35.5.